The normalized spacial score (nSPS) is 10.6. The van der Waals surface area contributed by atoms with Gasteiger partial charge in [0.1, 0.15) is 11.9 Å². The van der Waals surface area contributed by atoms with E-state index in [4.69, 9.17) is 5.26 Å². The standard InChI is InChI=1S/C12H13FN4O/c1-2-7-15-12(18)11(8-14)17-16-10-6-4-3-5-9(10)13/h3-6,16H,2,7H2,1H3,(H,15,18)/b17-11+. The minimum atomic E-state index is -0.580. The van der Waals surface area contributed by atoms with Gasteiger partial charge in [-0.1, -0.05) is 19.1 Å². The highest BCUT2D eigenvalue weighted by Gasteiger charge is 2.10. The van der Waals surface area contributed by atoms with Crippen molar-refractivity contribution in [1.82, 2.24) is 5.32 Å². The number of hydrogen-bond acceptors (Lipinski definition) is 4. The molecule has 0 aliphatic rings. The Morgan fingerprint density at radius 1 is 1.50 bits per heavy atom. The third-order valence-electron chi connectivity index (χ3n) is 2.02. The quantitative estimate of drug-likeness (QED) is 0.614. The van der Waals surface area contributed by atoms with Crippen molar-refractivity contribution in [2.45, 2.75) is 13.3 Å². The molecule has 1 aromatic carbocycles. The monoisotopic (exact) mass is 248 g/mol. The Labute approximate surface area is 104 Å². The maximum absolute atomic E-state index is 13.2. The van der Waals surface area contributed by atoms with Gasteiger partial charge in [-0.15, -0.1) is 0 Å². The molecule has 1 aromatic rings. The number of hydrogen-bond donors (Lipinski definition) is 2. The summed E-state index contributed by atoms with van der Waals surface area (Å²) >= 11 is 0. The van der Waals surface area contributed by atoms with Gasteiger partial charge >= 0.3 is 0 Å². The van der Waals surface area contributed by atoms with Crippen molar-refractivity contribution in [3.63, 3.8) is 0 Å². The zero-order valence-electron chi connectivity index (χ0n) is 9.90. The van der Waals surface area contributed by atoms with Crippen LogP contribution in [-0.4, -0.2) is 18.2 Å². The van der Waals surface area contributed by atoms with Gasteiger partial charge in [-0.3, -0.25) is 10.2 Å². The molecular weight excluding hydrogens is 235 g/mol. The van der Waals surface area contributed by atoms with Crippen LogP contribution in [0.2, 0.25) is 0 Å². The summed E-state index contributed by atoms with van der Waals surface area (Å²) in [5, 5.41) is 14.9. The second-order valence-corrected chi connectivity index (χ2v) is 3.42. The van der Waals surface area contributed by atoms with Gasteiger partial charge in [0.2, 0.25) is 5.71 Å². The van der Waals surface area contributed by atoms with Gasteiger partial charge in [0.05, 0.1) is 5.69 Å². The summed E-state index contributed by atoms with van der Waals surface area (Å²) in [5.41, 5.74) is 2.12. The minimum absolute atomic E-state index is 0.105. The third kappa shape index (κ3) is 3.87. The summed E-state index contributed by atoms with van der Waals surface area (Å²) in [6.45, 7) is 2.35. The number of benzene rings is 1. The van der Waals surface area contributed by atoms with Gasteiger partial charge in [0, 0.05) is 6.54 Å². The number of carbonyl (C=O) groups excluding carboxylic acids is 1. The highest BCUT2D eigenvalue weighted by Crippen LogP contribution is 2.11. The lowest BCUT2D eigenvalue weighted by Gasteiger charge is -2.03. The third-order valence-corrected chi connectivity index (χ3v) is 2.02. The minimum Gasteiger partial charge on any atom is -0.350 e. The van der Waals surface area contributed by atoms with E-state index in [2.05, 4.69) is 15.8 Å². The van der Waals surface area contributed by atoms with Crippen LogP contribution in [-0.2, 0) is 4.79 Å². The van der Waals surface area contributed by atoms with E-state index in [0.29, 0.717) is 6.54 Å². The lowest BCUT2D eigenvalue weighted by Crippen LogP contribution is -2.31. The maximum Gasteiger partial charge on any atom is 0.282 e. The Bertz CT molecular complexity index is 493. The number of carbonyl (C=O) groups is 1. The van der Waals surface area contributed by atoms with Crippen molar-refractivity contribution in [2.75, 3.05) is 12.0 Å². The summed E-state index contributed by atoms with van der Waals surface area (Å²) in [5.74, 6) is -1.09. The molecule has 0 saturated heterocycles. The van der Waals surface area contributed by atoms with Crippen LogP contribution in [0.3, 0.4) is 0 Å². The number of nitrogens with zero attached hydrogens (tertiary/aromatic N) is 2. The first-order chi connectivity index (χ1) is 8.69. The molecular formula is C12H13FN4O. The predicted octanol–water partition coefficient (Wildman–Crippen LogP) is 1.64. The van der Waals surface area contributed by atoms with E-state index in [1.807, 2.05) is 6.92 Å². The Balaban J connectivity index is 2.72. The number of nitriles is 1. The molecule has 0 heterocycles. The summed E-state index contributed by atoms with van der Waals surface area (Å²) in [6, 6.07) is 7.51. The molecule has 5 nitrogen and oxygen atoms in total. The molecule has 0 bridgehead atoms. The van der Waals surface area contributed by atoms with E-state index in [-0.39, 0.29) is 11.4 Å². The first kappa shape index (κ1) is 13.6. The molecule has 6 heteroatoms. The average Bonchev–Trinajstić information content (AvgIpc) is 2.39. The van der Waals surface area contributed by atoms with Gasteiger partial charge in [-0.2, -0.15) is 10.4 Å². The lowest BCUT2D eigenvalue weighted by molar-refractivity contribution is -0.114. The number of para-hydroxylation sites is 1. The van der Waals surface area contributed by atoms with Crippen LogP contribution in [0.1, 0.15) is 13.3 Å². The van der Waals surface area contributed by atoms with Crippen molar-refractivity contribution in [2.24, 2.45) is 5.10 Å². The topological polar surface area (TPSA) is 77.3 Å². The average molecular weight is 248 g/mol. The van der Waals surface area contributed by atoms with Crippen molar-refractivity contribution in [3.05, 3.63) is 30.1 Å². The zero-order chi connectivity index (χ0) is 13.4. The lowest BCUT2D eigenvalue weighted by atomic mass is 10.3. The van der Waals surface area contributed by atoms with E-state index in [0.717, 1.165) is 6.42 Å². The fraction of sp³-hybridized carbons (Fsp3) is 0.250. The molecule has 0 spiro atoms. The Kier molecular flexibility index (Phi) is 5.32. The molecule has 0 radical (unpaired) electrons. The Morgan fingerprint density at radius 3 is 2.83 bits per heavy atom. The van der Waals surface area contributed by atoms with E-state index in [1.165, 1.54) is 18.2 Å². The largest absolute Gasteiger partial charge is 0.350 e. The van der Waals surface area contributed by atoms with Crippen molar-refractivity contribution in [1.29, 1.82) is 5.26 Å². The maximum atomic E-state index is 13.2. The summed E-state index contributed by atoms with van der Waals surface area (Å²) < 4.78 is 13.2. The fourth-order valence-electron chi connectivity index (χ4n) is 1.12. The molecule has 0 aromatic heterocycles. The van der Waals surface area contributed by atoms with Gasteiger partial charge in [-0.05, 0) is 18.6 Å². The Hall–Kier alpha value is -2.42. The van der Waals surface area contributed by atoms with Gasteiger partial charge in [0.25, 0.3) is 5.91 Å². The Morgan fingerprint density at radius 2 is 2.22 bits per heavy atom. The van der Waals surface area contributed by atoms with Crippen LogP contribution in [0.4, 0.5) is 10.1 Å². The fourth-order valence-corrected chi connectivity index (χ4v) is 1.12. The number of nitrogens with one attached hydrogen (secondary N) is 2. The van der Waals surface area contributed by atoms with Crippen LogP contribution >= 0.6 is 0 Å². The molecule has 18 heavy (non-hydrogen) atoms. The van der Waals surface area contributed by atoms with E-state index < -0.39 is 11.7 Å². The first-order valence-electron chi connectivity index (χ1n) is 5.45. The number of halogens is 1. The highest BCUT2D eigenvalue weighted by molar-refractivity contribution is 6.45. The SMILES string of the molecule is CCCNC(=O)/C(C#N)=N/Nc1ccccc1F. The van der Waals surface area contributed by atoms with Gasteiger partial charge in [0.15, 0.2) is 0 Å². The van der Waals surface area contributed by atoms with E-state index >= 15 is 0 Å². The highest BCUT2D eigenvalue weighted by atomic mass is 19.1. The van der Waals surface area contributed by atoms with Crippen LogP contribution in [0.15, 0.2) is 29.4 Å². The molecule has 2 N–H and O–H groups in total. The van der Waals surface area contributed by atoms with E-state index in [9.17, 15) is 9.18 Å². The van der Waals surface area contributed by atoms with Crippen LogP contribution in [0.25, 0.3) is 0 Å². The van der Waals surface area contributed by atoms with Crippen molar-refractivity contribution >= 4 is 17.3 Å². The molecule has 0 fully saturated rings. The number of anilines is 1. The summed E-state index contributed by atoms with van der Waals surface area (Å²) in [4.78, 5) is 11.4. The molecule has 0 atom stereocenters. The number of hydrazone groups is 1. The second kappa shape index (κ2) is 7.01. The van der Waals surface area contributed by atoms with Crippen LogP contribution in [0, 0.1) is 17.1 Å². The molecule has 1 amide bonds. The van der Waals surface area contributed by atoms with Gasteiger partial charge < -0.3 is 5.32 Å². The zero-order valence-corrected chi connectivity index (χ0v) is 9.90. The van der Waals surface area contributed by atoms with Crippen molar-refractivity contribution in [3.8, 4) is 6.07 Å². The van der Waals surface area contributed by atoms with Crippen LogP contribution < -0.4 is 10.7 Å². The van der Waals surface area contributed by atoms with Gasteiger partial charge in [-0.25, -0.2) is 4.39 Å². The second-order valence-electron chi connectivity index (χ2n) is 3.42. The van der Waals surface area contributed by atoms with Crippen LogP contribution in [0.5, 0.6) is 0 Å². The summed E-state index contributed by atoms with van der Waals surface area (Å²) in [6.07, 6.45) is 0.755. The molecule has 94 valence electrons. The number of amides is 1. The summed E-state index contributed by atoms with van der Waals surface area (Å²) in [7, 11) is 0. The first-order valence-corrected chi connectivity index (χ1v) is 5.45. The molecule has 0 aliphatic carbocycles. The van der Waals surface area contributed by atoms with E-state index in [1.54, 1.807) is 12.1 Å². The molecule has 0 saturated carbocycles. The number of rotatable bonds is 5. The molecule has 1 rings (SSSR count). The predicted molar refractivity (Wildman–Crippen MR) is 66.4 cm³/mol. The molecule has 0 aliphatic heterocycles. The van der Waals surface area contributed by atoms with Crippen molar-refractivity contribution < 1.29 is 9.18 Å². The molecule has 0 unspecified atom stereocenters. The smallest absolute Gasteiger partial charge is 0.282 e.